The van der Waals surface area contributed by atoms with Gasteiger partial charge in [-0.05, 0) is 31.5 Å². The minimum Gasteiger partial charge on any atom is -0.380 e. The first-order valence-electron chi connectivity index (χ1n) is 6.26. The Bertz CT molecular complexity index is 633. The highest BCUT2D eigenvalue weighted by Crippen LogP contribution is 2.27. The second kappa shape index (κ2) is 7.58. The predicted octanol–water partition coefficient (Wildman–Crippen LogP) is 2.79. The number of benzene rings is 1. The van der Waals surface area contributed by atoms with Gasteiger partial charge in [-0.3, -0.25) is 4.79 Å². The van der Waals surface area contributed by atoms with E-state index in [1.54, 1.807) is 20.0 Å². The maximum Gasteiger partial charge on any atom is 0.261 e. The van der Waals surface area contributed by atoms with Gasteiger partial charge in [-0.1, -0.05) is 15.9 Å². The Labute approximate surface area is 137 Å². The number of hydrogen-bond acceptors (Lipinski definition) is 4. The van der Waals surface area contributed by atoms with Crippen LogP contribution in [0.2, 0.25) is 0 Å². The molecule has 8 heteroatoms. The molecule has 1 aromatic carbocycles. The maximum absolute atomic E-state index is 12.4. The second-order valence-corrected chi connectivity index (χ2v) is 7.89. The molecule has 0 aromatic heterocycles. The number of carbonyl (C=O) groups excluding carboxylic acids is 1. The van der Waals surface area contributed by atoms with E-state index < -0.39 is 9.05 Å². The lowest BCUT2D eigenvalue weighted by molar-refractivity contribution is 0.0709. The number of likely N-dealkylation sites (N-methyl/N-ethyl adjacent to an activating group) is 1. The molecule has 0 aliphatic heterocycles. The summed E-state index contributed by atoms with van der Waals surface area (Å²) in [6.07, 6.45) is 0. The summed E-state index contributed by atoms with van der Waals surface area (Å²) in [7, 11) is 3.12. The van der Waals surface area contributed by atoms with Crippen LogP contribution >= 0.6 is 26.6 Å². The van der Waals surface area contributed by atoms with Crippen molar-refractivity contribution >= 4 is 41.6 Å². The van der Waals surface area contributed by atoms with Crippen molar-refractivity contribution in [3.63, 3.8) is 0 Å². The van der Waals surface area contributed by atoms with Gasteiger partial charge < -0.3 is 9.64 Å². The first kappa shape index (κ1) is 18.4. The molecule has 118 valence electrons. The Morgan fingerprint density at radius 1 is 1.43 bits per heavy atom. The van der Waals surface area contributed by atoms with Gasteiger partial charge in [-0.25, -0.2) is 8.42 Å². The molecule has 0 unspecified atom stereocenters. The Morgan fingerprint density at radius 3 is 2.57 bits per heavy atom. The third kappa shape index (κ3) is 4.95. The lowest BCUT2D eigenvalue weighted by atomic mass is 10.1. The third-order valence-electron chi connectivity index (χ3n) is 2.94. The summed E-state index contributed by atoms with van der Waals surface area (Å²) in [6, 6.07) is 2.97. The number of halogens is 2. The van der Waals surface area contributed by atoms with Crippen LogP contribution in [-0.2, 0) is 13.8 Å². The van der Waals surface area contributed by atoms with Gasteiger partial charge in [0.2, 0.25) is 0 Å². The number of nitrogens with zero attached hydrogens (tertiary/aromatic N) is 1. The first-order valence-corrected chi connectivity index (χ1v) is 9.36. The molecule has 0 radical (unpaired) electrons. The van der Waals surface area contributed by atoms with Gasteiger partial charge in [0.25, 0.3) is 15.0 Å². The standard InChI is InChI=1S/C13H17BrClNO4S/c1-4-20-6-5-16(3)13(17)11-7-10(14)8-12(9(11)2)21(15,18)19/h7-8H,4-6H2,1-3H3. The quantitative estimate of drug-likeness (QED) is 0.546. The van der Waals surface area contributed by atoms with Gasteiger partial charge in [0, 0.05) is 40.9 Å². The number of ether oxygens (including phenoxy) is 1. The van der Waals surface area contributed by atoms with Gasteiger partial charge in [0.05, 0.1) is 11.5 Å². The summed E-state index contributed by atoms with van der Waals surface area (Å²) < 4.78 is 28.8. The summed E-state index contributed by atoms with van der Waals surface area (Å²) in [5.74, 6) is -0.282. The van der Waals surface area contributed by atoms with Crippen LogP contribution in [0.5, 0.6) is 0 Å². The molecule has 1 rings (SSSR count). The van der Waals surface area contributed by atoms with E-state index in [1.165, 1.54) is 11.0 Å². The van der Waals surface area contributed by atoms with E-state index in [-0.39, 0.29) is 10.8 Å². The lowest BCUT2D eigenvalue weighted by Gasteiger charge is -2.19. The van der Waals surface area contributed by atoms with E-state index in [0.29, 0.717) is 35.4 Å². The molecule has 21 heavy (non-hydrogen) atoms. The molecule has 1 aromatic rings. The van der Waals surface area contributed by atoms with Crippen molar-refractivity contribution < 1.29 is 17.9 Å². The minimum atomic E-state index is -3.91. The van der Waals surface area contributed by atoms with Crippen molar-refractivity contribution in [3.8, 4) is 0 Å². The van der Waals surface area contributed by atoms with Crippen LogP contribution in [-0.4, -0.2) is 46.0 Å². The highest BCUT2D eigenvalue weighted by atomic mass is 79.9. The van der Waals surface area contributed by atoms with Crippen molar-refractivity contribution in [3.05, 3.63) is 27.7 Å². The van der Waals surface area contributed by atoms with Crippen LogP contribution in [0.1, 0.15) is 22.8 Å². The van der Waals surface area contributed by atoms with Crippen LogP contribution in [0.3, 0.4) is 0 Å². The zero-order valence-corrected chi connectivity index (χ0v) is 15.2. The monoisotopic (exact) mass is 397 g/mol. The first-order chi connectivity index (χ1) is 9.68. The highest BCUT2D eigenvalue weighted by Gasteiger charge is 2.22. The molecular weight excluding hydrogens is 382 g/mol. The van der Waals surface area contributed by atoms with Crippen molar-refractivity contribution in [1.82, 2.24) is 4.90 Å². The molecule has 1 amide bonds. The van der Waals surface area contributed by atoms with E-state index in [4.69, 9.17) is 15.4 Å². The number of amides is 1. The maximum atomic E-state index is 12.4. The predicted molar refractivity (Wildman–Crippen MR) is 85.4 cm³/mol. The van der Waals surface area contributed by atoms with E-state index in [0.717, 1.165) is 0 Å². The molecule has 0 aliphatic rings. The molecular formula is C13H17BrClNO4S. The zero-order chi connectivity index (χ0) is 16.2. The number of rotatable bonds is 6. The van der Waals surface area contributed by atoms with Gasteiger partial charge in [-0.15, -0.1) is 0 Å². The van der Waals surface area contributed by atoms with E-state index in [9.17, 15) is 13.2 Å². The van der Waals surface area contributed by atoms with Crippen LogP contribution in [0.4, 0.5) is 0 Å². The average molecular weight is 399 g/mol. The molecule has 5 nitrogen and oxygen atoms in total. The van der Waals surface area contributed by atoms with Crippen LogP contribution in [0, 0.1) is 6.92 Å². The lowest BCUT2D eigenvalue weighted by Crippen LogP contribution is -2.31. The van der Waals surface area contributed by atoms with Crippen molar-refractivity contribution in [1.29, 1.82) is 0 Å². The SMILES string of the molecule is CCOCCN(C)C(=O)c1cc(Br)cc(S(=O)(=O)Cl)c1C. The molecule has 0 heterocycles. The Morgan fingerprint density at radius 2 is 2.05 bits per heavy atom. The molecule has 0 aliphatic carbocycles. The van der Waals surface area contributed by atoms with Crippen molar-refractivity contribution in [2.75, 3.05) is 26.8 Å². The van der Waals surface area contributed by atoms with Crippen LogP contribution < -0.4 is 0 Å². The molecule has 0 bridgehead atoms. The average Bonchev–Trinajstić information content (AvgIpc) is 2.39. The van der Waals surface area contributed by atoms with Crippen molar-refractivity contribution in [2.24, 2.45) is 0 Å². The van der Waals surface area contributed by atoms with Crippen LogP contribution in [0.25, 0.3) is 0 Å². The molecule has 0 fully saturated rings. The Kier molecular flexibility index (Phi) is 6.65. The second-order valence-electron chi connectivity index (χ2n) is 4.44. The van der Waals surface area contributed by atoms with E-state index >= 15 is 0 Å². The fourth-order valence-electron chi connectivity index (χ4n) is 1.78. The van der Waals surface area contributed by atoms with Crippen molar-refractivity contribution in [2.45, 2.75) is 18.7 Å². The minimum absolute atomic E-state index is 0.0694. The highest BCUT2D eigenvalue weighted by molar-refractivity contribution is 9.10. The number of hydrogen-bond donors (Lipinski definition) is 0. The van der Waals surface area contributed by atoms with E-state index in [2.05, 4.69) is 15.9 Å². The summed E-state index contributed by atoms with van der Waals surface area (Å²) in [5.41, 5.74) is 0.629. The summed E-state index contributed by atoms with van der Waals surface area (Å²) in [6.45, 7) is 4.85. The molecule has 0 saturated heterocycles. The molecule has 0 saturated carbocycles. The van der Waals surface area contributed by atoms with Gasteiger partial charge >= 0.3 is 0 Å². The number of carbonyl (C=O) groups is 1. The Balaban J connectivity index is 3.13. The summed E-state index contributed by atoms with van der Waals surface area (Å²) in [4.78, 5) is 13.8. The fourth-order valence-corrected chi connectivity index (χ4v) is 3.62. The smallest absolute Gasteiger partial charge is 0.261 e. The Hall–Kier alpha value is -0.630. The van der Waals surface area contributed by atoms with Gasteiger partial charge in [0.1, 0.15) is 0 Å². The third-order valence-corrected chi connectivity index (χ3v) is 4.85. The molecule has 0 N–H and O–H groups in total. The molecule has 0 spiro atoms. The topological polar surface area (TPSA) is 63.7 Å². The summed E-state index contributed by atoms with van der Waals surface area (Å²) in [5, 5.41) is 0. The van der Waals surface area contributed by atoms with E-state index in [1.807, 2.05) is 6.92 Å². The van der Waals surface area contributed by atoms with Gasteiger partial charge in [0.15, 0.2) is 0 Å². The molecule has 0 atom stereocenters. The summed E-state index contributed by atoms with van der Waals surface area (Å²) >= 11 is 3.20. The fraction of sp³-hybridized carbons (Fsp3) is 0.462. The normalized spacial score (nSPS) is 11.5. The zero-order valence-electron chi connectivity index (χ0n) is 12.0. The van der Waals surface area contributed by atoms with Gasteiger partial charge in [-0.2, -0.15) is 0 Å². The van der Waals surface area contributed by atoms with Crippen LogP contribution in [0.15, 0.2) is 21.5 Å². The largest absolute Gasteiger partial charge is 0.380 e.